The van der Waals surface area contributed by atoms with Crippen LogP contribution in [0, 0.1) is 11.6 Å². The SMILES string of the molecule is O=C(Nc1ccc(Cl)cc1F)c1ccc(OCc2cccc(F)c2)nc1. The van der Waals surface area contributed by atoms with Crippen molar-refractivity contribution in [3.8, 4) is 5.88 Å². The quantitative estimate of drug-likeness (QED) is 0.695. The number of anilines is 1. The van der Waals surface area contributed by atoms with Gasteiger partial charge in [-0.05, 0) is 42.0 Å². The highest BCUT2D eigenvalue weighted by atomic mass is 35.5. The number of carbonyl (C=O) groups excluding carboxylic acids is 1. The average molecular weight is 375 g/mol. The Labute approximate surface area is 153 Å². The third-order valence-corrected chi connectivity index (χ3v) is 3.69. The molecule has 3 rings (SSSR count). The minimum Gasteiger partial charge on any atom is -0.473 e. The summed E-state index contributed by atoms with van der Waals surface area (Å²) in [5.74, 6) is -1.21. The van der Waals surface area contributed by atoms with Crippen LogP contribution in [-0.4, -0.2) is 10.9 Å². The molecule has 0 aliphatic heterocycles. The van der Waals surface area contributed by atoms with E-state index >= 15 is 0 Å². The first-order valence-corrected chi connectivity index (χ1v) is 7.99. The fourth-order valence-corrected chi connectivity index (χ4v) is 2.33. The van der Waals surface area contributed by atoms with Crippen molar-refractivity contribution >= 4 is 23.2 Å². The standard InChI is InChI=1S/C19H13ClF2N2O2/c20-14-5-6-17(16(22)9-14)24-19(25)13-4-7-18(23-10-13)26-11-12-2-1-3-15(21)8-12/h1-10H,11H2,(H,24,25). The fraction of sp³-hybridized carbons (Fsp3) is 0.0526. The van der Waals surface area contributed by atoms with Gasteiger partial charge in [-0.1, -0.05) is 23.7 Å². The van der Waals surface area contributed by atoms with Gasteiger partial charge in [0.1, 0.15) is 18.2 Å². The predicted octanol–water partition coefficient (Wildman–Crippen LogP) is 4.84. The molecule has 0 spiro atoms. The summed E-state index contributed by atoms with van der Waals surface area (Å²) in [6, 6.07) is 13.0. The molecule has 0 saturated heterocycles. The number of ether oxygens (including phenoxy) is 1. The molecule has 2 aromatic carbocycles. The second-order valence-electron chi connectivity index (χ2n) is 5.38. The zero-order valence-corrected chi connectivity index (χ0v) is 14.1. The van der Waals surface area contributed by atoms with Crippen molar-refractivity contribution in [1.29, 1.82) is 0 Å². The Bertz CT molecular complexity index is 933. The minimum atomic E-state index is -0.631. The van der Waals surface area contributed by atoms with Crippen molar-refractivity contribution in [2.75, 3.05) is 5.32 Å². The summed E-state index contributed by atoms with van der Waals surface area (Å²) in [6.07, 6.45) is 1.31. The summed E-state index contributed by atoms with van der Waals surface area (Å²) in [5, 5.41) is 2.68. The zero-order chi connectivity index (χ0) is 18.5. The molecule has 4 nitrogen and oxygen atoms in total. The van der Waals surface area contributed by atoms with E-state index < -0.39 is 11.7 Å². The molecule has 0 fully saturated rings. The number of nitrogens with one attached hydrogen (secondary N) is 1. The molecular formula is C19H13ClF2N2O2. The number of aromatic nitrogens is 1. The van der Waals surface area contributed by atoms with Gasteiger partial charge in [0, 0.05) is 17.3 Å². The average Bonchev–Trinajstić information content (AvgIpc) is 2.63. The van der Waals surface area contributed by atoms with E-state index in [2.05, 4.69) is 10.3 Å². The summed E-state index contributed by atoms with van der Waals surface area (Å²) in [4.78, 5) is 16.2. The van der Waals surface area contributed by atoms with Crippen molar-refractivity contribution in [2.45, 2.75) is 6.61 Å². The molecule has 0 aliphatic rings. The third-order valence-electron chi connectivity index (χ3n) is 3.45. The molecule has 0 saturated carbocycles. The highest BCUT2D eigenvalue weighted by molar-refractivity contribution is 6.30. The number of pyridine rings is 1. The Hall–Kier alpha value is -2.99. The first kappa shape index (κ1) is 17.8. The third kappa shape index (κ3) is 4.55. The lowest BCUT2D eigenvalue weighted by Crippen LogP contribution is -2.13. The van der Waals surface area contributed by atoms with Gasteiger partial charge in [-0.2, -0.15) is 0 Å². The van der Waals surface area contributed by atoms with E-state index in [1.54, 1.807) is 12.1 Å². The predicted molar refractivity (Wildman–Crippen MR) is 94.3 cm³/mol. The number of hydrogen-bond donors (Lipinski definition) is 1. The number of hydrogen-bond acceptors (Lipinski definition) is 3. The van der Waals surface area contributed by atoms with Crippen LogP contribution in [0.25, 0.3) is 0 Å². The van der Waals surface area contributed by atoms with Gasteiger partial charge < -0.3 is 10.1 Å². The molecule has 0 bridgehead atoms. The number of carbonyl (C=O) groups is 1. The second kappa shape index (κ2) is 7.93. The minimum absolute atomic E-state index is 0.0193. The molecule has 3 aromatic rings. The summed E-state index contributed by atoms with van der Waals surface area (Å²) in [7, 11) is 0. The Balaban J connectivity index is 1.62. The van der Waals surface area contributed by atoms with Gasteiger partial charge in [0.25, 0.3) is 5.91 Å². The normalized spacial score (nSPS) is 10.4. The molecule has 0 unspecified atom stereocenters. The lowest BCUT2D eigenvalue weighted by atomic mass is 10.2. The zero-order valence-electron chi connectivity index (χ0n) is 13.4. The summed E-state index contributed by atoms with van der Waals surface area (Å²) < 4.78 is 32.3. The molecule has 0 atom stereocenters. The van der Waals surface area contributed by atoms with E-state index in [9.17, 15) is 13.6 Å². The van der Waals surface area contributed by atoms with E-state index in [0.717, 1.165) is 6.07 Å². The molecule has 0 radical (unpaired) electrons. The Kier molecular flexibility index (Phi) is 5.43. The van der Waals surface area contributed by atoms with Crippen molar-refractivity contribution in [3.05, 3.63) is 88.6 Å². The van der Waals surface area contributed by atoms with Gasteiger partial charge in [0.05, 0.1) is 11.3 Å². The Morgan fingerprint density at radius 1 is 1.12 bits per heavy atom. The molecule has 0 aliphatic carbocycles. The maximum absolute atomic E-state index is 13.7. The van der Waals surface area contributed by atoms with Crippen LogP contribution < -0.4 is 10.1 Å². The van der Waals surface area contributed by atoms with Crippen LogP contribution in [0.1, 0.15) is 15.9 Å². The number of rotatable bonds is 5. The molecule has 1 heterocycles. The lowest BCUT2D eigenvalue weighted by molar-refractivity contribution is 0.102. The van der Waals surface area contributed by atoms with Crippen molar-refractivity contribution in [1.82, 2.24) is 4.98 Å². The topological polar surface area (TPSA) is 51.2 Å². The largest absolute Gasteiger partial charge is 0.473 e. The molecular weight excluding hydrogens is 362 g/mol. The van der Waals surface area contributed by atoms with Crippen LogP contribution in [0.2, 0.25) is 5.02 Å². The molecule has 1 N–H and O–H groups in total. The van der Waals surface area contributed by atoms with E-state index in [1.807, 2.05) is 0 Å². The van der Waals surface area contributed by atoms with Gasteiger partial charge in [-0.25, -0.2) is 13.8 Å². The van der Waals surface area contributed by atoms with Crippen LogP contribution in [-0.2, 0) is 6.61 Å². The smallest absolute Gasteiger partial charge is 0.257 e. The number of nitrogens with zero attached hydrogens (tertiary/aromatic N) is 1. The summed E-state index contributed by atoms with van der Waals surface area (Å²) >= 11 is 5.67. The van der Waals surface area contributed by atoms with Crippen LogP contribution in [0.3, 0.4) is 0 Å². The molecule has 1 amide bonds. The van der Waals surface area contributed by atoms with E-state index in [-0.39, 0.29) is 34.6 Å². The molecule has 1 aromatic heterocycles. The van der Waals surface area contributed by atoms with Crippen LogP contribution in [0.4, 0.5) is 14.5 Å². The van der Waals surface area contributed by atoms with Crippen LogP contribution in [0.15, 0.2) is 60.8 Å². The highest BCUT2D eigenvalue weighted by Gasteiger charge is 2.10. The van der Waals surface area contributed by atoms with Gasteiger partial charge in [0.2, 0.25) is 5.88 Å². The van der Waals surface area contributed by atoms with E-state index in [0.29, 0.717) is 5.56 Å². The van der Waals surface area contributed by atoms with E-state index in [4.69, 9.17) is 16.3 Å². The van der Waals surface area contributed by atoms with Crippen LogP contribution in [0.5, 0.6) is 5.88 Å². The lowest BCUT2D eigenvalue weighted by Gasteiger charge is -2.08. The van der Waals surface area contributed by atoms with Gasteiger partial charge in [-0.15, -0.1) is 0 Å². The Morgan fingerprint density at radius 2 is 1.96 bits per heavy atom. The Morgan fingerprint density at radius 3 is 2.65 bits per heavy atom. The van der Waals surface area contributed by atoms with Crippen molar-refractivity contribution in [2.24, 2.45) is 0 Å². The molecule has 132 valence electrons. The second-order valence-corrected chi connectivity index (χ2v) is 5.82. The van der Waals surface area contributed by atoms with Gasteiger partial charge >= 0.3 is 0 Å². The maximum Gasteiger partial charge on any atom is 0.257 e. The number of benzene rings is 2. The van der Waals surface area contributed by atoms with Gasteiger partial charge in [-0.3, -0.25) is 4.79 Å². The first-order valence-electron chi connectivity index (χ1n) is 7.61. The van der Waals surface area contributed by atoms with Crippen molar-refractivity contribution < 1.29 is 18.3 Å². The summed E-state index contributed by atoms with van der Waals surface area (Å²) in [6.45, 7) is 0.145. The summed E-state index contributed by atoms with van der Waals surface area (Å²) in [5.41, 5.74) is 0.912. The fourth-order valence-electron chi connectivity index (χ4n) is 2.17. The highest BCUT2D eigenvalue weighted by Crippen LogP contribution is 2.20. The molecule has 7 heteroatoms. The number of halogens is 3. The first-order chi connectivity index (χ1) is 12.5. The van der Waals surface area contributed by atoms with Crippen molar-refractivity contribution in [3.63, 3.8) is 0 Å². The monoisotopic (exact) mass is 374 g/mol. The molecule has 26 heavy (non-hydrogen) atoms. The van der Waals surface area contributed by atoms with Crippen LogP contribution >= 0.6 is 11.6 Å². The van der Waals surface area contributed by atoms with Gasteiger partial charge in [0.15, 0.2) is 0 Å². The maximum atomic E-state index is 13.7. The van der Waals surface area contributed by atoms with E-state index in [1.165, 1.54) is 42.6 Å². The number of amides is 1.